The molecule has 4 nitrogen and oxygen atoms in total. The molecule has 0 amide bonds. The van der Waals surface area contributed by atoms with E-state index in [-0.39, 0.29) is 22.6 Å². The first kappa shape index (κ1) is 10.6. The van der Waals surface area contributed by atoms with Crippen LogP contribution >= 0.6 is 12.6 Å². The molecule has 0 bridgehead atoms. The molecule has 0 saturated carbocycles. The maximum Gasteiger partial charge on any atom is 0.338 e. The van der Waals surface area contributed by atoms with E-state index in [1.54, 1.807) is 6.07 Å². The molecular weight excluding hydrogens is 202 g/mol. The molecule has 72 valence electrons. The van der Waals surface area contributed by atoms with Gasteiger partial charge in [0, 0.05) is 4.90 Å². The lowest BCUT2D eigenvalue weighted by Crippen LogP contribution is -2.05. The van der Waals surface area contributed by atoms with Crippen molar-refractivity contribution in [2.75, 3.05) is 0 Å². The second kappa shape index (κ2) is 4.13. The monoisotopic (exact) mass is 209 g/mol. The van der Waals surface area contributed by atoms with Crippen molar-refractivity contribution < 1.29 is 15.0 Å². The van der Waals surface area contributed by atoms with Crippen molar-refractivity contribution in [1.29, 1.82) is 5.26 Å². The number of aliphatic hydroxyl groups is 1. The number of hydrogen-bond acceptors (Lipinski definition) is 4. The van der Waals surface area contributed by atoms with Crippen molar-refractivity contribution in [3.63, 3.8) is 0 Å². The highest BCUT2D eigenvalue weighted by Crippen LogP contribution is 2.21. The smallest absolute Gasteiger partial charge is 0.338 e. The first-order valence-electron chi connectivity index (χ1n) is 3.71. The molecule has 14 heavy (non-hydrogen) atoms. The maximum absolute atomic E-state index is 10.8. The number of aromatic carboxylic acids is 1. The summed E-state index contributed by atoms with van der Waals surface area (Å²) in [5.74, 6) is -1.22. The van der Waals surface area contributed by atoms with E-state index in [1.165, 1.54) is 12.1 Å². The standard InChI is InChI=1S/C9H7NO3S/c10-3-6-5(4-11)1-2-7(14)8(6)9(12)13/h1-2,11,14H,4H2,(H,12,13). The second-order valence-corrected chi connectivity index (χ2v) is 3.05. The van der Waals surface area contributed by atoms with E-state index in [1.807, 2.05) is 0 Å². The topological polar surface area (TPSA) is 81.3 Å². The zero-order chi connectivity index (χ0) is 10.7. The normalized spacial score (nSPS) is 9.50. The molecular formula is C9H7NO3S. The second-order valence-electron chi connectivity index (χ2n) is 2.57. The van der Waals surface area contributed by atoms with E-state index >= 15 is 0 Å². The van der Waals surface area contributed by atoms with Crippen LogP contribution in [0.1, 0.15) is 21.5 Å². The van der Waals surface area contributed by atoms with Gasteiger partial charge in [0.15, 0.2) is 0 Å². The molecule has 1 aromatic carbocycles. The van der Waals surface area contributed by atoms with Crippen LogP contribution in [-0.2, 0) is 6.61 Å². The van der Waals surface area contributed by atoms with Crippen LogP contribution in [-0.4, -0.2) is 16.2 Å². The molecule has 0 heterocycles. The number of hydrogen-bond donors (Lipinski definition) is 3. The molecule has 2 N–H and O–H groups in total. The van der Waals surface area contributed by atoms with Crippen LogP contribution in [0.25, 0.3) is 0 Å². The van der Waals surface area contributed by atoms with E-state index < -0.39 is 5.97 Å². The van der Waals surface area contributed by atoms with Crippen LogP contribution in [0, 0.1) is 11.3 Å². The Bertz CT molecular complexity index is 423. The molecule has 5 heteroatoms. The fraction of sp³-hybridized carbons (Fsp3) is 0.111. The van der Waals surface area contributed by atoms with Crippen LogP contribution in [0.3, 0.4) is 0 Å². The lowest BCUT2D eigenvalue weighted by molar-refractivity contribution is 0.0692. The van der Waals surface area contributed by atoms with Gasteiger partial charge in [-0.2, -0.15) is 5.26 Å². The molecule has 1 rings (SSSR count). The Labute approximate surface area is 85.8 Å². The van der Waals surface area contributed by atoms with Gasteiger partial charge in [-0.15, -0.1) is 12.6 Å². The van der Waals surface area contributed by atoms with Gasteiger partial charge < -0.3 is 10.2 Å². The highest BCUT2D eigenvalue weighted by Gasteiger charge is 2.16. The third-order valence-corrected chi connectivity index (χ3v) is 2.14. The van der Waals surface area contributed by atoms with E-state index in [9.17, 15) is 4.79 Å². The highest BCUT2D eigenvalue weighted by atomic mass is 32.1. The summed E-state index contributed by atoms with van der Waals surface area (Å²) in [5.41, 5.74) is 0.0950. The number of thiol groups is 1. The third kappa shape index (κ3) is 1.71. The molecule has 1 aromatic rings. The Morgan fingerprint density at radius 1 is 1.57 bits per heavy atom. The van der Waals surface area contributed by atoms with Gasteiger partial charge in [0.1, 0.15) is 6.07 Å². The minimum Gasteiger partial charge on any atom is -0.478 e. The molecule has 0 fully saturated rings. The summed E-state index contributed by atoms with van der Waals surface area (Å²) in [6.45, 7) is -0.364. The Balaban J connectivity index is 3.53. The lowest BCUT2D eigenvalue weighted by atomic mass is 10.0. The molecule has 0 aliphatic rings. The molecule has 0 aliphatic carbocycles. The maximum atomic E-state index is 10.8. The molecule has 0 radical (unpaired) electrons. The Kier molecular flexibility index (Phi) is 3.12. The van der Waals surface area contributed by atoms with Crippen molar-refractivity contribution in [3.8, 4) is 6.07 Å². The van der Waals surface area contributed by atoms with Crippen molar-refractivity contribution in [2.24, 2.45) is 0 Å². The fourth-order valence-electron chi connectivity index (χ4n) is 1.11. The number of carboxylic acids is 1. The quantitative estimate of drug-likeness (QED) is 0.635. The van der Waals surface area contributed by atoms with Crippen LogP contribution in [0.15, 0.2) is 17.0 Å². The molecule has 0 aromatic heterocycles. The van der Waals surface area contributed by atoms with Gasteiger partial charge in [-0.1, -0.05) is 6.07 Å². The lowest BCUT2D eigenvalue weighted by Gasteiger charge is -2.06. The summed E-state index contributed by atoms with van der Waals surface area (Å²) in [5, 5.41) is 26.4. The summed E-state index contributed by atoms with van der Waals surface area (Å²) in [7, 11) is 0. The number of benzene rings is 1. The Morgan fingerprint density at radius 2 is 2.21 bits per heavy atom. The first-order valence-corrected chi connectivity index (χ1v) is 4.15. The Hall–Kier alpha value is -1.51. The van der Waals surface area contributed by atoms with E-state index in [0.29, 0.717) is 5.56 Å². The van der Waals surface area contributed by atoms with Crippen molar-refractivity contribution in [1.82, 2.24) is 0 Å². The minimum atomic E-state index is -1.22. The van der Waals surface area contributed by atoms with Gasteiger partial charge in [-0.3, -0.25) is 0 Å². The molecule has 0 unspecified atom stereocenters. The number of rotatable bonds is 2. The van der Waals surface area contributed by atoms with Crippen LogP contribution < -0.4 is 0 Å². The van der Waals surface area contributed by atoms with Crippen LogP contribution in [0.5, 0.6) is 0 Å². The zero-order valence-corrected chi connectivity index (χ0v) is 7.95. The van der Waals surface area contributed by atoms with Gasteiger partial charge in [0.2, 0.25) is 0 Å². The van der Waals surface area contributed by atoms with Crippen molar-refractivity contribution in [2.45, 2.75) is 11.5 Å². The van der Waals surface area contributed by atoms with E-state index in [0.717, 1.165) is 0 Å². The molecule has 0 spiro atoms. The average Bonchev–Trinajstić information content (AvgIpc) is 2.16. The van der Waals surface area contributed by atoms with Gasteiger partial charge in [-0.05, 0) is 11.6 Å². The summed E-state index contributed by atoms with van der Waals surface area (Å²) in [6, 6.07) is 4.67. The minimum absolute atomic E-state index is 0.0347. The summed E-state index contributed by atoms with van der Waals surface area (Å²) in [4.78, 5) is 11.0. The van der Waals surface area contributed by atoms with E-state index in [2.05, 4.69) is 12.6 Å². The number of nitrogens with zero attached hydrogens (tertiary/aromatic N) is 1. The fourth-order valence-corrected chi connectivity index (χ4v) is 1.39. The number of carboxylic acid groups (broad SMARTS) is 1. The number of carbonyl (C=O) groups is 1. The predicted octanol–water partition coefficient (Wildman–Crippen LogP) is 1.04. The number of aliphatic hydroxyl groups excluding tert-OH is 1. The zero-order valence-electron chi connectivity index (χ0n) is 7.06. The summed E-state index contributed by atoms with van der Waals surface area (Å²) in [6.07, 6.45) is 0. The van der Waals surface area contributed by atoms with E-state index in [4.69, 9.17) is 15.5 Å². The number of nitriles is 1. The highest BCUT2D eigenvalue weighted by molar-refractivity contribution is 7.80. The Morgan fingerprint density at radius 3 is 2.64 bits per heavy atom. The van der Waals surface area contributed by atoms with Gasteiger partial charge in [0.05, 0.1) is 17.7 Å². The molecule has 0 aliphatic heterocycles. The average molecular weight is 209 g/mol. The predicted molar refractivity (Wildman–Crippen MR) is 51.3 cm³/mol. The van der Waals surface area contributed by atoms with Crippen molar-refractivity contribution >= 4 is 18.6 Å². The van der Waals surface area contributed by atoms with Crippen LogP contribution in [0.2, 0.25) is 0 Å². The van der Waals surface area contributed by atoms with Gasteiger partial charge in [-0.25, -0.2) is 4.79 Å². The third-order valence-electron chi connectivity index (χ3n) is 1.77. The van der Waals surface area contributed by atoms with Crippen molar-refractivity contribution in [3.05, 3.63) is 28.8 Å². The SMILES string of the molecule is N#Cc1c(CO)ccc(S)c1C(=O)O. The van der Waals surface area contributed by atoms with Gasteiger partial charge in [0.25, 0.3) is 0 Å². The summed E-state index contributed by atoms with van der Waals surface area (Å²) < 4.78 is 0. The summed E-state index contributed by atoms with van der Waals surface area (Å²) >= 11 is 3.93. The first-order chi connectivity index (χ1) is 6.61. The molecule has 0 atom stereocenters. The van der Waals surface area contributed by atoms with Gasteiger partial charge >= 0.3 is 5.97 Å². The van der Waals surface area contributed by atoms with Crippen LogP contribution in [0.4, 0.5) is 0 Å². The largest absolute Gasteiger partial charge is 0.478 e. The molecule has 0 saturated heterocycles.